The molecule has 1 aliphatic rings. The van der Waals surface area contributed by atoms with Gasteiger partial charge >= 0.3 is 12.2 Å². The lowest BCUT2D eigenvalue weighted by Crippen LogP contribution is -2.42. The second-order valence-electron chi connectivity index (χ2n) is 7.24. The molecule has 4 rings (SSSR count). The predicted octanol–water partition coefficient (Wildman–Crippen LogP) is 4.80. The number of ether oxygens (including phenoxy) is 1. The van der Waals surface area contributed by atoms with Crippen LogP contribution in [0.15, 0.2) is 53.0 Å². The average Bonchev–Trinajstić information content (AvgIpc) is 3.26. The summed E-state index contributed by atoms with van der Waals surface area (Å²) in [5.74, 6) is -0.594. The first-order valence-electron chi connectivity index (χ1n) is 9.80. The van der Waals surface area contributed by atoms with Crippen molar-refractivity contribution in [3.8, 4) is 5.75 Å². The van der Waals surface area contributed by atoms with Gasteiger partial charge in [0.1, 0.15) is 18.2 Å². The van der Waals surface area contributed by atoms with E-state index < -0.39 is 24.1 Å². The number of aliphatic hydroxyl groups is 1. The number of aromatic nitrogens is 2. The SMILES string of the molecule is CCC(O)(c1nnc(NCc2ccc3c(c2)C(c2ccc(F)cc2)=CCO3)o1)C(F)(F)F. The van der Waals surface area contributed by atoms with Gasteiger partial charge in [0.05, 0.1) is 0 Å². The van der Waals surface area contributed by atoms with Crippen LogP contribution in [0.4, 0.5) is 23.6 Å². The third kappa shape index (κ3) is 4.05. The second kappa shape index (κ2) is 8.27. The molecule has 0 aliphatic carbocycles. The maximum Gasteiger partial charge on any atom is 0.426 e. The minimum Gasteiger partial charge on any atom is -0.489 e. The molecule has 10 heteroatoms. The van der Waals surface area contributed by atoms with Gasteiger partial charge in [-0.3, -0.25) is 0 Å². The van der Waals surface area contributed by atoms with Crippen LogP contribution in [0.3, 0.4) is 0 Å². The van der Waals surface area contributed by atoms with Crippen molar-refractivity contribution < 1.29 is 31.8 Å². The van der Waals surface area contributed by atoms with E-state index in [2.05, 4.69) is 15.5 Å². The fourth-order valence-corrected chi connectivity index (χ4v) is 3.36. The third-order valence-electron chi connectivity index (χ3n) is 5.22. The van der Waals surface area contributed by atoms with Crippen molar-refractivity contribution in [2.75, 3.05) is 11.9 Å². The Labute approximate surface area is 180 Å². The molecule has 0 bridgehead atoms. The number of anilines is 1. The molecule has 0 saturated carbocycles. The van der Waals surface area contributed by atoms with Crippen LogP contribution >= 0.6 is 0 Å². The highest BCUT2D eigenvalue weighted by molar-refractivity contribution is 5.84. The van der Waals surface area contributed by atoms with E-state index >= 15 is 0 Å². The van der Waals surface area contributed by atoms with E-state index in [1.807, 2.05) is 12.1 Å². The topological polar surface area (TPSA) is 80.4 Å². The quantitative estimate of drug-likeness (QED) is 0.526. The van der Waals surface area contributed by atoms with E-state index in [-0.39, 0.29) is 18.4 Å². The normalized spacial score (nSPS) is 15.4. The number of alkyl halides is 3. The van der Waals surface area contributed by atoms with E-state index in [0.29, 0.717) is 12.4 Å². The molecular weight excluding hydrogens is 430 g/mol. The largest absolute Gasteiger partial charge is 0.489 e. The molecule has 0 fully saturated rings. The zero-order chi connectivity index (χ0) is 22.9. The summed E-state index contributed by atoms with van der Waals surface area (Å²) < 4.78 is 63.5. The highest BCUT2D eigenvalue weighted by atomic mass is 19.4. The van der Waals surface area contributed by atoms with Gasteiger partial charge in [-0.05, 0) is 53.5 Å². The van der Waals surface area contributed by atoms with Crippen LogP contribution in [0.1, 0.15) is 35.9 Å². The van der Waals surface area contributed by atoms with E-state index in [9.17, 15) is 22.7 Å². The summed E-state index contributed by atoms with van der Waals surface area (Å²) in [6, 6.07) is 11.3. The van der Waals surface area contributed by atoms with Crippen LogP contribution in [0, 0.1) is 5.82 Å². The summed E-state index contributed by atoms with van der Waals surface area (Å²) in [5, 5.41) is 19.6. The third-order valence-corrected chi connectivity index (χ3v) is 5.22. The van der Waals surface area contributed by atoms with Crippen molar-refractivity contribution in [1.29, 1.82) is 0 Å². The zero-order valence-electron chi connectivity index (χ0n) is 16.9. The molecule has 1 aliphatic heterocycles. The lowest BCUT2D eigenvalue weighted by Gasteiger charge is -2.25. The highest BCUT2D eigenvalue weighted by Crippen LogP contribution is 2.41. The van der Waals surface area contributed by atoms with Crippen molar-refractivity contribution in [1.82, 2.24) is 10.2 Å². The maximum absolute atomic E-state index is 13.3. The van der Waals surface area contributed by atoms with Gasteiger partial charge in [-0.1, -0.05) is 30.2 Å². The Morgan fingerprint density at radius 2 is 1.84 bits per heavy atom. The van der Waals surface area contributed by atoms with Crippen LogP contribution in [0.25, 0.3) is 5.57 Å². The van der Waals surface area contributed by atoms with Crippen molar-refractivity contribution in [2.24, 2.45) is 0 Å². The first kappa shape index (κ1) is 21.8. The fraction of sp³-hybridized carbons (Fsp3) is 0.273. The number of hydrogen-bond acceptors (Lipinski definition) is 6. The minimum atomic E-state index is -4.95. The molecule has 1 aromatic heterocycles. The summed E-state index contributed by atoms with van der Waals surface area (Å²) in [6.45, 7) is 1.72. The molecule has 0 saturated heterocycles. The van der Waals surface area contributed by atoms with E-state index in [0.717, 1.165) is 22.3 Å². The molecule has 168 valence electrons. The number of halogens is 4. The monoisotopic (exact) mass is 449 g/mol. The molecule has 0 amide bonds. The smallest absolute Gasteiger partial charge is 0.426 e. The van der Waals surface area contributed by atoms with E-state index in [1.165, 1.54) is 19.1 Å². The standard InChI is InChI=1S/C22H19F4N3O3/c1-2-21(30,22(24,25)26)19-28-29-20(32-19)27-12-13-3-8-18-17(11-13)16(9-10-31-18)14-4-6-15(23)7-5-14/h3-9,11,30H,2,10,12H2,1H3,(H,27,29). The first-order valence-corrected chi connectivity index (χ1v) is 9.80. The van der Waals surface area contributed by atoms with Crippen molar-refractivity contribution in [2.45, 2.75) is 31.7 Å². The molecule has 2 aromatic carbocycles. The van der Waals surface area contributed by atoms with E-state index in [4.69, 9.17) is 9.15 Å². The number of nitrogens with one attached hydrogen (secondary N) is 1. The molecule has 3 aromatic rings. The number of fused-ring (bicyclic) bond motifs is 1. The highest BCUT2D eigenvalue weighted by Gasteiger charge is 2.57. The van der Waals surface area contributed by atoms with Gasteiger partial charge in [0, 0.05) is 12.1 Å². The lowest BCUT2D eigenvalue weighted by atomic mass is 9.94. The van der Waals surface area contributed by atoms with Gasteiger partial charge in [0.15, 0.2) is 0 Å². The Morgan fingerprint density at radius 3 is 2.53 bits per heavy atom. The molecule has 2 heterocycles. The summed E-state index contributed by atoms with van der Waals surface area (Å²) in [6.07, 6.45) is -3.73. The maximum atomic E-state index is 13.3. The lowest BCUT2D eigenvalue weighted by molar-refractivity contribution is -0.275. The zero-order valence-corrected chi connectivity index (χ0v) is 16.9. The van der Waals surface area contributed by atoms with Gasteiger partial charge in [-0.2, -0.15) is 13.2 Å². The molecular formula is C22H19F4N3O3. The van der Waals surface area contributed by atoms with Gasteiger partial charge in [-0.25, -0.2) is 4.39 Å². The number of nitrogens with zero attached hydrogens (tertiary/aromatic N) is 2. The van der Waals surface area contributed by atoms with E-state index in [1.54, 1.807) is 24.3 Å². The molecule has 1 atom stereocenters. The van der Waals surface area contributed by atoms with Gasteiger partial charge < -0.3 is 19.6 Å². The summed E-state index contributed by atoms with van der Waals surface area (Å²) in [7, 11) is 0. The Hall–Kier alpha value is -3.40. The van der Waals surface area contributed by atoms with Crippen LogP contribution in [0.5, 0.6) is 5.75 Å². The summed E-state index contributed by atoms with van der Waals surface area (Å²) >= 11 is 0. The molecule has 32 heavy (non-hydrogen) atoms. The van der Waals surface area contributed by atoms with Crippen molar-refractivity contribution >= 4 is 11.6 Å². The fourth-order valence-electron chi connectivity index (χ4n) is 3.36. The average molecular weight is 449 g/mol. The van der Waals surface area contributed by atoms with Crippen molar-refractivity contribution in [3.63, 3.8) is 0 Å². The van der Waals surface area contributed by atoms with Crippen LogP contribution in [-0.4, -0.2) is 28.1 Å². The molecule has 0 spiro atoms. The van der Waals surface area contributed by atoms with Crippen LogP contribution in [-0.2, 0) is 12.1 Å². The molecule has 1 unspecified atom stereocenters. The van der Waals surface area contributed by atoms with Crippen LogP contribution in [0.2, 0.25) is 0 Å². The van der Waals surface area contributed by atoms with Gasteiger partial charge in [0.25, 0.3) is 5.89 Å². The first-order chi connectivity index (χ1) is 15.2. The Bertz CT molecular complexity index is 1140. The molecule has 2 N–H and O–H groups in total. The Morgan fingerprint density at radius 1 is 1.09 bits per heavy atom. The van der Waals surface area contributed by atoms with Crippen molar-refractivity contribution in [3.05, 3.63) is 76.9 Å². The minimum absolute atomic E-state index is 0.169. The molecule has 6 nitrogen and oxygen atoms in total. The number of hydrogen-bond donors (Lipinski definition) is 2. The van der Waals surface area contributed by atoms with Gasteiger partial charge in [-0.15, -0.1) is 5.10 Å². The van der Waals surface area contributed by atoms with Gasteiger partial charge in [0.2, 0.25) is 5.60 Å². The second-order valence-corrected chi connectivity index (χ2v) is 7.24. The molecule has 0 radical (unpaired) electrons. The predicted molar refractivity (Wildman–Crippen MR) is 107 cm³/mol. The summed E-state index contributed by atoms with van der Waals surface area (Å²) in [5.41, 5.74) is 0.0622. The number of benzene rings is 2. The summed E-state index contributed by atoms with van der Waals surface area (Å²) in [4.78, 5) is 0. The van der Waals surface area contributed by atoms with Crippen LogP contribution < -0.4 is 10.1 Å². The Balaban J connectivity index is 1.53. The Kier molecular flexibility index (Phi) is 5.64. The number of rotatable bonds is 6.